The maximum atomic E-state index is 13.5. The molecular formula is C21H18O4. The van der Waals surface area contributed by atoms with Crippen LogP contribution in [0.25, 0.3) is 0 Å². The molecule has 4 rings (SSSR count). The molecule has 0 saturated carbocycles. The van der Waals surface area contributed by atoms with Crippen molar-refractivity contribution in [1.29, 1.82) is 0 Å². The fourth-order valence-electron chi connectivity index (χ4n) is 4.60. The van der Waals surface area contributed by atoms with Gasteiger partial charge in [0.15, 0.2) is 23.1 Å². The van der Waals surface area contributed by atoms with Gasteiger partial charge in [-0.25, -0.2) is 0 Å². The van der Waals surface area contributed by atoms with Crippen LogP contribution >= 0.6 is 0 Å². The van der Waals surface area contributed by atoms with Crippen molar-refractivity contribution in [3.8, 4) is 0 Å². The minimum absolute atomic E-state index is 0.105. The summed E-state index contributed by atoms with van der Waals surface area (Å²) in [5, 5.41) is 0. The molecule has 1 aromatic rings. The highest BCUT2D eigenvalue weighted by atomic mass is 16.2. The molecule has 4 nitrogen and oxygen atoms in total. The Morgan fingerprint density at radius 3 is 1.92 bits per heavy atom. The Morgan fingerprint density at radius 1 is 0.840 bits per heavy atom. The lowest BCUT2D eigenvalue weighted by Crippen LogP contribution is -2.65. The first-order valence-electron chi connectivity index (χ1n) is 8.51. The summed E-state index contributed by atoms with van der Waals surface area (Å²) in [5.74, 6) is -1.51. The maximum Gasteiger partial charge on any atom is 0.179 e. The van der Waals surface area contributed by atoms with Gasteiger partial charge in [0.2, 0.25) is 0 Å². The molecule has 0 heterocycles. The molecule has 0 saturated heterocycles. The summed E-state index contributed by atoms with van der Waals surface area (Å²) in [7, 11) is 0. The molecule has 2 unspecified atom stereocenters. The number of carbonyl (C=O) groups excluding carboxylic acids is 4. The van der Waals surface area contributed by atoms with Gasteiger partial charge in [-0.15, -0.1) is 0 Å². The lowest BCUT2D eigenvalue weighted by Gasteiger charge is -2.52. The van der Waals surface area contributed by atoms with Crippen molar-refractivity contribution in [2.75, 3.05) is 0 Å². The Morgan fingerprint density at radius 2 is 1.36 bits per heavy atom. The number of ketones is 4. The third kappa shape index (κ3) is 1.67. The van der Waals surface area contributed by atoms with Gasteiger partial charge >= 0.3 is 0 Å². The number of rotatable bonds is 1. The van der Waals surface area contributed by atoms with Gasteiger partial charge in [0, 0.05) is 11.1 Å². The highest BCUT2D eigenvalue weighted by Crippen LogP contribution is 2.60. The van der Waals surface area contributed by atoms with E-state index >= 15 is 0 Å². The zero-order valence-corrected chi connectivity index (χ0v) is 14.2. The summed E-state index contributed by atoms with van der Waals surface area (Å²) in [5.41, 5.74) is -1.79. The summed E-state index contributed by atoms with van der Waals surface area (Å²) >= 11 is 0. The van der Waals surface area contributed by atoms with Gasteiger partial charge in [0.25, 0.3) is 0 Å². The van der Waals surface area contributed by atoms with Crippen LogP contribution in [-0.4, -0.2) is 23.1 Å². The van der Waals surface area contributed by atoms with E-state index in [-0.39, 0.29) is 29.9 Å². The summed E-state index contributed by atoms with van der Waals surface area (Å²) < 4.78 is 0. The summed E-state index contributed by atoms with van der Waals surface area (Å²) in [6.07, 6.45) is 4.48. The molecule has 0 bridgehead atoms. The van der Waals surface area contributed by atoms with Gasteiger partial charge in [-0.05, 0) is 30.9 Å². The molecule has 0 N–H and O–H groups in total. The van der Waals surface area contributed by atoms with Gasteiger partial charge in [-0.1, -0.05) is 49.8 Å². The molecule has 0 amide bonds. The van der Waals surface area contributed by atoms with E-state index in [0.29, 0.717) is 0 Å². The molecule has 2 atom stereocenters. The van der Waals surface area contributed by atoms with Gasteiger partial charge in [-0.3, -0.25) is 19.2 Å². The fraction of sp³-hybridized carbons (Fsp3) is 0.333. The van der Waals surface area contributed by atoms with Gasteiger partial charge < -0.3 is 0 Å². The van der Waals surface area contributed by atoms with Gasteiger partial charge in [0.1, 0.15) is 10.8 Å². The molecule has 0 spiro atoms. The summed E-state index contributed by atoms with van der Waals surface area (Å²) in [4.78, 5) is 52.8. The van der Waals surface area contributed by atoms with Crippen LogP contribution in [0.5, 0.6) is 0 Å². The predicted octanol–water partition coefficient (Wildman–Crippen LogP) is 3.12. The second-order valence-corrected chi connectivity index (χ2v) is 7.39. The minimum atomic E-state index is -1.63. The third-order valence-electron chi connectivity index (χ3n) is 6.03. The van der Waals surface area contributed by atoms with Gasteiger partial charge in [-0.2, -0.15) is 0 Å². The van der Waals surface area contributed by atoms with E-state index in [1.54, 1.807) is 24.3 Å². The van der Waals surface area contributed by atoms with E-state index in [1.165, 1.54) is 12.2 Å². The lowest BCUT2D eigenvalue weighted by molar-refractivity contribution is -0.139. The van der Waals surface area contributed by atoms with Crippen molar-refractivity contribution in [1.82, 2.24) is 0 Å². The molecule has 3 aliphatic rings. The topological polar surface area (TPSA) is 68.3 Å². The Hall–Kier alpha value is -2.62. The number of hydrogen-bond donors (Lipinski definition) is 0. The second kappa shape index (κ2) is 4.94. The number of hydrogen-bond acceptors (Lipinski definition) is 4. The first-order chi connectivity index (χ1) is 11.9. The van der Waals surface area contributed by atoms with Crippen LogP contribution in [0.2, 0.25) is 0 Å². The number of carbonyl (C=O) groups is 4. The van der Waals surface area contributed by atoms with Crippen molar-refractivity contribution in [2.45, 2.75) is 26.7 Å². The number of Topliss-reactive ketones (excluding diaryl/α,β-unsaturated/α-hetero) is 2. The first kappa shape index (κ1) is 15.9. The van der Waals surface area contributed by atoms with E-state index in [0.717, 1.165) is 5.57 Å². The zero-order valence-electron chi connectivity index (χ0n) is 14.2. The standard InChI is InChI=1S/C21H18O4/c1-12(2)13-9-10-20-16(22)7-8-17(23)21(20,11-13)19(25)15-6-4-3-5-14(15)18(20)24/h3-9,12H,10-11H2,1-2H3. The Kier molecular flexibility index (Phi) is 3.14. The highest BCUT2D eigenvalue weighted by molar-refractivity contribution is 6.37. The molecule has 4 heteroatoms. The zero-order chi connectivity index (χ0) is 18.0. The van der Waals surface area contributed by atoms with E-state index < -0.39 is 34.0 Å². The number of fused-ring (bicyclic) bond motifs is 1. The normalized spacial score (nSPS) is 30.8. The van der Waals surface area contributed by atoms with Crippen LogP contribution in [0.4, 0.5) is 0 Å². The highest BCUT2D eigenvalue weighted by Gasteiger charge is 2.71. The van der Waals surface area contributed by atoms with E-state index in [4.69, 9.17) is 0 Å². The Labute approximate surface area is 145 Å². The third-order valence-corrected chi connectivity index (χ3v) is 6.03. The minimum Gasteiger partial charge on any atom is -0.294 e. The SMILES string of the molecule is CC(C)C1=CCC23C(=O)C=CC(=O)C2(C1)C(=O)c1ccccc1C3=O. The average Bonchev–Trinajstić information content (AvgIpc) is 2.62. The molecule has 25 heavy (non-hydrogen) atoms. The van der Waals surface area contributed by atoms with Crippen molar-refractivity contribution >= 4 is 23.1 Å². The van der Waals surface area contributed by atoms with Crippen LogP contribution in [0.15, 0.2) is 48.1 Å². The van der Waals surface area contributed by atoms with E-state index in [9.17, 15) is 19.2 Å². The summed E-state index contributed by atoms with van der Waals surface area (Å²) in [6, 6.07) is 6.52. The van der Waals surface area contributed by atoms with Gasteiger partial charge in [0.05, 0.1) is 0 Å². The van der Waals surface area contributed by atoms with Crippen molar-refractivity contribution in [2.24, 2.45) is 16.7 Å². The monoisotopic (exact) mass is 334 g/mol. The Balaban J connectivity index is 2.09. The first-order valence-corrected chi connectivity index (χ1v) is 8.51. The predicted molar refractivity (Wildman–Crippen MR) is 91.3 cm³/mol. The smallest absolute Gasteiger partial charge is 0.179 e. The number of benzene rings is 1. The summed E-state index contributed by atoms with van der Waals surface area (Å²) in [6.45, 7) is 3.98. The molecule has 1 aromatic carbocycles. The molecule has 126 valence electrons. The fourth-order valence-corrected chi connectivity index (χ4v) is 4.60. The van der Waals surface area contributed by atoms with E-state index in [2.05, 4.69) is 0 Å². The van der Waals surface area contributed by atoms with Crippen molar-refractivity contribution < 1.29 is 19.2 Å². The van der Waals surface area contributed by atoms with Crippen LogP contribution in [-0.2, 0) is 9.59 Å². The Bertz CT molecular complexity index is 918. The van der Waals surface area contributed by atoms with Crippen LogP contribution in [0, 0.1) is 16.7 Å². The van der Waals surface area contributed by atoms with Crippen LogP contribution < -0.4 is 0 Å². The van der Waals surface area contributed by atoms with Crippen LogP contribution in [0.1, 0.15) is 47.4 Å². The number of allylic oxidation sites excluding steroid dienone is 4. The van der Waals surface area contributed by atoms with Crippen LogP contribution in [0.3, 0.4) is 0 Å². The van der Waals surface area contributed by atoms with E-state index in [1.807, 2.05) is 19.9 Å². The lowest BCUT2D eigenvalue weighted by atomic mass is 9.44. The van der Waals surface area contributed by atoms with Crippen molar-refractivity contribution in [3.63, 3.8) is 0 Å². The molecule has 3 aliphatic carbocycles. The quantitative estimate of drug-likeness (QED) is 0.584. The average molecular weight is 334 g/mol. The maximum absolute atomic E-state index is 13.5. The van der Waals surface area contributed by atoms with Crippen molar-refractivity contribution in [3.05, 3.63) is 59.2 Å². The molecule has 0 aliphatic heterocycles. The molecule has 0 aromatic heterocycles. The second-order valence-electron chi connectivity index (χ2n) is 7.39. The largest absolute Gasteiger partial charge is 0.294 e. The molecule has 0 radical (unpaired) electrons. The molecular weight excluding hydrogens is 316 g/mol. The molecule has 0 fully saturated rings.